The molecule has 2 amide bonds. The number of hydrogen-bond donors (Lipinski definition) is 1. The van der Waals surface area contributed by atoms with E-state index >= 15 is 0 Å². The summed E-state index contributed by atoms with van der Waals surface area (Å²) in [6, 6.07) is 11.9. The van der Waals surface area contributed by atoms with Crippen molar-refractivity contribution in [2.45, 2.75) is 25.3 Å². The van der Waals surface area contributed by atoms with Crippen LogP contribution in [0.2, 0.25) is 0 Å². The number of amides is 2. The van der Waals surface area contributed by atoms with Crippen molar-refractivity contribution in [3.8, 4) is 11.5 Å². The van der Waals surface area contributed by atoms with Crippen molar-refractivity contribution in [3.05, 3.63) is 59.2 Å². The van der Waals surface area contributed by atoms with Gasteiger partial charge in [0, 0.05) is 37.9 Å². The Bertz CT molecular complexity index is 1270. The molecule has 0 aliphatic carbocycles. The fraction of sp³-hybridized carbons (Fsp3) is 0.370. The van der Waals surface area contributed by atoms with Gasteiger partial charge < -0.3 is 29.1 Å². The highest BCUT2D eigenvalue weighted by atomic mass is 16.6. The van der Waals surface area contributed by atoms with Gasteiger partial charge in [0.1, 0.15) is 19.0 Å². The van der Waals surface area contributed by atoms with Crippen LogP contribution >= 0.6 is 0 Å². The molecule has 9 nitrogen and oxygen atoms in total. The molecule has 0 radical (unpaired) electrons. The zero-order valence-corrected chi connectivity index (χ0v) is 20.3. The predicted octanol–water partition coefficient (Wildman–Crippen LogP) is 2.83. The second-order valence-corrected chi connectivity index (χ2v) is 8.90. The standard InChI is InChI=1S/C27H28N2O7/c1-3-11-28-19-8-5-4-7-18(19)27(26(28)33)22(24(31)25(32)29(27)12-6-13-34-2)23(30)17-9-10-20-21(16-17)36-15-14-35-20/h4-5,7-10,16,30H,3,6,11-15H2,1-2H3/b23-22-/t27-/m1/s1. The lowest BCUT2D eigenvalue weighted by atomic mass is 9.81. The number of benzene rings is 2. The van der Waals surface area contributed by atoms with Gasteiger partial charge >= 0.3 is 0 Å². The lowest BCUT2D eigenvalue weighted by Gasteiger charge is -2.34. The number of anilines is 1. The Kier molecular flexibility index (Phi) is 6.17. The maximum absolute atomic E-state index is 14.2. The molecule has 0 saturated carbocycles. The highest BCUT2D eigenvalue weighted by Crippen LogP contribution is 2.53. The van der Waals surface area contributed by atoms with Crippen molar-refractivity contribution >= 4 is 29.0 Å². The lowest BCUT2D eigenvalue weighted by Crippen LogP contribution is -2.52. The number of carbonyl (C=O) groups is 3. The number of fused-ring (bicyclic) bond motifs is 3. The molecule has 0 bridgehead atoms. The fourth-order valence-electron chi connectivity index (χ4n) is 5.31. The van der Waals surface area contributed by atoms with Gasteiger partial charge in [0.2, 0.25) is 0 Å². The highest BCUT2D eigenvalue weighted by molar-refractivity contribution is 6.50. The molecule has 9 heteroatoms. The summed E-state index contributed by atoms with van der Waals surface area (Å²) < 4.78 is 16.4. The van der Waals surface area contributed by atoms with Gasteiger partial charge in [-0.3, -0.25) is 14.4 Å². The summed E-state index contributed by atoms with van der Waals surface area (Å²) in [5, 5.41) is 11.6. The first-order chi connectivity index (χ1) is 17.5. The quantitative estimate of drug-likeness (QED) is 0.274. The van der Waals surface area contributed by atoms with E-state index in [1.54, 1.807) is 48.4 Å². The fourth-order valence-corrected chi connectivity index (χ4v) is 5.31. The van der Waals surface area contributed by atoms with E-state index in [-0.39, 0.29) is 17.7 Å². The normalized spacial score (nSPS) is 22.0. The number of ether oxygens (including phenoxy) is 3. The summed E-state index contributed by atoms with van der Waals surface area (Å²) in [4.78, 5) is 44.1. The van der Waals surface area contributed by atoms with Gasteiger partial charge in [-0.25, -0.2) is 0 Å². The molecule has 0 unspecified atom stereocenters. The van der Waals surface area contributed by atoms with Crippen molar-refractivity contribution in [2.24, 2.45) is 0 Å². The molecule has 3 aliphatic heterocycles. The van der Waals surface area contributed by atoms with Crippen LogP contribution in [-0.4, -0.2) is 67.6 Å². The van der Waals surface area contributed by atoms with Crippen LogP contribution in [0.3, 0.4) is 0 Å². The van der Waals surface area contributed by atoms with Crippen LogP contribution in [0.25, 0.3) is 5.76 Å². The third kappa shape index (κ3) is 3.37. The van der Waals surface area contributed by atoms with Gasteiger partial charge in [0.25, 0.3) is 17.6 Å². The Morgan fingerprint density at radius 3 is 2.56 bits per heavy atom. The van der Waals surface area contributed by atoms with Crippen LogP contribution in [0.4, 0.5) is 5.69 Å². The van der Waals surface area contributed by atoms with Crippen molar-refractivity contribution in [1.82, 2.24) is 4.90 Å². The Morgan fingerprint density at radius 1 is 1.06 bits per heavy atom. The maximum atomic E-state index is 14.2. The molecule has 3 aliphatic rings. The average Bonchev–Trinajstić information content (AvgIpc) is 3.27. The molecule has 1 atom stereocenters. The predicted molar refractivity (Wildman–Crippen MR) is 131 cm³/mol. The minimum absolute atomic E-state index is 0.108. The summed E-state index contributed by atoms with van der Waals surface area (Å²) in [5.74, 6) is -1.65. The number of carbonyl (C=O) groups excluding carboxylic acids is 3. The van der Waals surface area contributed by atoms with Crippen LogP contribution in [0, 0.1) is 0 Å². The molecule has 1 fully saturated rings. The molecular weight excluding hydrogens is 464 g/mol. The molecule has 1 spiro atoms. The molecule has 3 heterocycles. The monoisotopic (exact) mass is 492 g/mol. The van der Waals surface area contributed by atoms with Crippen molar-refractivity contribution in [2.75, 3.05) is 44.9 Å². The van der Waals surface area contributed by atoms with E-state index in [0.717, 1.165) is 0 Å². The first-order valence-corrected chi connectivity index (χ1v) is 12.1. The first-order valence-electron chi connectivity index (χ1n) is 12.1. The third-order valence-corrected chi connectivity index (χ3v) is 6.80. The van der Waals surface area contributed by atoms with E-state index in [1.807, 2.05) is 13.0 Å². The Labute approximate surface area is 208 Å². The summed E-state index contributed by atoms with van der Waals surface area (Å²) in [6.45, 7) is 3.56. The number of hydrogen-bond acceptors (Lipinski definition) is 7. The topological polar surface area (TPSA) is 106 Å². The zero-order valence-electron chi connectivity index (χ0n) is 20.3. The van der Waals surface area contributed by atoms with Gasteiger partial charge in [-0.1, -0.05) is 25.1 Å². The van der Waals surface area contributed by atoms with E-state index in [1.165, 1.54) is 4.90 Å². The molecule has 188 valence electrons. The molecule has 2 aromatic carbocycles. The number of para-hydroxylation sites is 1. The average molecular weight is 493 g/mol. The Morgan fingerprint density at radius 2 is 1.81 bits per heavy atom. The Balaban J connectivity index is 1.75. The van der Waals surface area contributed by atoms with Gasteiger partial charge in [-0.15, -0.1) is 0 Å². The molecule has 1 saturated heterocycles. The zero-order chi connectivity index (χ0) is 25.4. The largest absolute Gasteiger partial charge is 0.507 e. The summed E-state index contributed by atoms with van der Waals surface area (Å²) >= 11 is 0. The molecule has 5 rings (SSSR count). The summed E-state index contributed by atoms with van der Waals surface area (Å²) in [5.41, 5.74) is -0.633. The number of rotatable bonds is 7. The van der Waals surface area contributed by atoms with Gasteiger partial charge in [-0.05, 0) is 37.1 Å². The van der Waals surface area contributed by atoms with Crippen LogP contribution in [0.15, 0.2) is 48.0 Å². The number of ketones is 1. The third-order valence-electron chi connectivity index (χ3n) is 6.80. The summed E-state index contributed by atoms with van der Waals surface area (Å²) in [6.07, 6.45) is 1.09. The van der Waals surface area contributed by atoms with E-state index in [0.29, 0.717) is 62.0 Å². The SMILES string of the molecule is CCCN1C(=O)[C@]2(/C(=C(\O)c3ccc4c(c3)OCCO4)C(=O)C(=O)N2CCCOC)c2ccccc21. The number of aliphatic hydroxyl groups excluding tert-OH is 1. The lowest BCUT2D eigenvalue weighted by molar-refractivity contribution is -0.143. The van der Waals surface area contributed by atoms with E-state index in [9.17, 15) is 19.5 Å². The van der Waals surface area contributed by atoms with Crippen molar-refractivity contribution in [1.29, 1.82) is 0 Å². The first kappa shape index (κ1) is 23.9. The van der Waals surface area contributed by atoms with Crippen LogP contribution in [-0.2, 0) is 24.7 Å². The number of Topliss-reactive ketones (excluding diaryl/α,β-unsaturated/α-hetero) is 1. The van der Waals surface area contributed by atoms with Crippen LogP contribution in [0.1, 0.15) is 30.9 Å². The number of methoxy groups -OCH3 is 1. The minimum atomic E-state index is -1.77. The van der Waals surface area contributed by atoms with Gasteiger partial charge in [0.15, 0.2) is 17.0 Å². The number of nitrogens with zero attached hydrogens (tertiary/aromatic N) is 2. The van der Waals surface area contributed by atoms with Crippen LogP contribution in [0.5, 0.6) is 11.5 Å². The summed E-state index contributed by atoms with van der Waals surface area (Å²) in [7, 11) is 1.55. The molecule has 1 N–H and O–H groups in total. The number of aliphatic hydroxyl groups is 1. The van der Waals surface area contributed by atoms with Gasteiger partial charge in [-0.2, -0.15) is 0 Å². The van der Waals surface area contributed by atoms with Crippen LogP contribution < -0.4 is 14.4 Å². The molecular formula is C27H28N2O7. The van der Waals surface area contributed by atoms with E-state index < -0.39 is 28.9 Å². The number of likely N-dealkylation sites (tertiary alicyclic amines) is 1. The molecule has 0 aromatic heterocycles. The maximum Gasteiger partial charge on any atom is 0.296 e. The van der Waals surface area contributed by atoms with Gasteiger partial charge in [0.05, 0.1) is 11.3 Å². The second-order valence-electron chi connectivity index (χ2n) is 8.90. The minimum Gasteiger partial charge on any atom is -0.507 e. The Hall–Kier alpha value is -3.85. The van der Waals surface area contributed by atoms with Crippen molar-refractivity contribution in [3.63, 3.8) is 0 Å². The molecule has 2 aromatic rings. The molecule has 36 heavy (non-hydrogen) atoms. The van der Waals surface area contributed by atoms with Crippen molar-refractivity contribution < 1.29 is 33.7 Å². The van der Waals surface area contributed by atoms with E-state index in [2.05, 4.69) is 0 Å². The second kappa shape index (κ2) is 9.31. The highest BCUT2D eigenvalue weighted by Gasteiger charge is 2.66. The van der Waals surface area contributed by atoms with E-state index in [4.69, 9.17) is 14.2 Å². The smallest absolute Gasteiger partial charge is 0.296 e.